The Morgan fingerprint density at radius 2 is 1.53 bits per heavy atom. The van der Waals surface area contributed by atoms with E-state index in [9.17, 15) is 9.59 Å². The molecule has 1 aliphatic heterocycles. The minimum Gasteiger partial charge on any atom is -0.497 e. The van der Waals surface area contributed by atoms with E-state index < -0.39 is 0 Å². The highest BCUT2D eigenvalue weighted by Gasteiger charge is 2.16. The summed E-state index contributed by atoms with van der Waals surface area (Å²) in [7, 11) is 1.58. The van der Waals surface area contributed by atoms with Gasteiger partial charge in [-0.15, -0.1) is 0 Å². The van der Waals surface area contributed by atoms with Crippen LogP contribution in [0.3, 0.4) is 0 Å². The number of hydrogen-bond donors (Lipinski definition) is 1. The van der Waals surface area contributed by atoms with E-state index in [-0.39, 0.29) is 18.4 Å². The molecule has 0 radical (unpaired) electrons. The summed E-state index contributed by atoms with van der Waals surface area (Å²) in [6, 6.07) is 14.1. The molecule has 0 aromatic heterocycles. The zero-order valence-corrected chi connectivity index (χ0v) is 17.4. The quantitative estimate of drug-likeness (QED) is 0.562. The maximum Gasteiger partial charge on any atom is 0.271 e. The Bertz CT molecular complexity index is 886. The predicted molar refractivity (Wildman–Crippen MR) is 115 cm³/mol. The molecular formula is C23H27N3O4. The smallest absolute Gasteiger partial charge is 0.271 e. The van der Waals surface area contributed by atoms with Crippen LogP contribution in [0.25, 0.3) is 0 Å². The number of piperidine rings is 1. The topological polar surface area (TPSA) is 80.2 Å². The van der Waals surface area contributed by atoms with Crippen LogP contribution < -0.4 is 14.9 Å². The first-order valence-corrected chi connectivity index (χ1v) is 10.1. The van der Waals surface area contributed by atoms with Crippen molar-refractivity contribution in [2.24, 2.45) is 5.10 Å². The van der Waals surface area contributed by atoms with Crippen molar-refractivity contribution in [1.82, 2.24) is 10.3 Å². The van der Waals surface area contributed by atoms with Crippen LogP contribution in [0.1, 0.15) is 42.1 Å². The van der Waals surface area contributed by atoms with Crippen molar-refractivity contribution in [3.63, 3.8) is 0 Å². The van der Waals surface area contributed by atoms with Crippen molar-refractivity contribution in [3.05, 3.63) is 59.7 Å². The number of amides is 2. The fourth-order valence-electron chi connectivity index (χ4n) is 3.18. The maximum absolute atomic E-state index is 12.2. The van der Waals surface area contributed by atoms with E-state index in [1.54, 1.807) is 43.5 Å². The lowest BCUT2D eigenvalue weighted by molar-refractivity contribution is -0.134. The van der Waals surface area contributed by atoms with E-state index in [1.807, 2.05) is 24.0 Å². The van der Waals surface area contributed by atoms with E-state index >= 15 is 0 Å². The van der Waals surface area contributed by atoms with Gasteiger partial charge in [0.05, 0.1) is 12.8 Å². The number of carbonyl (C=O) groups is 2. The molecule has 7 nitrogen and oxygen atoms in total. The van der Waals surface area contributed by atoms with Gasteiger partial charge in [0.1, 0.15) is 11.5 Å². The fraction of sp³-hybridized carbons (Fsp3) is 0.348. The van der Waals surface area contributed by atoms with Crippen LogP contribution in [0.4, 0.5) is 0 Å². The van der Waals surface area contributed by atoms with Gasteiger partial charge in [-0.1, -0.05) is 0 Å². The molecule has 1 aliphatic rings. The van der Waals surface area contributed by atoms with E-state index in [4.69, 9.17) is 9.47 Å². The van der Waals surface area contributed by atoms with Crippen LogP contribution in [-0.2, 0) is 4.79 Å². The molecule has 1 heterocycles. The molecule has 0 aliphatic carbocycles. The second-order valence-corrected chi connectivity index (χ2v) is 7.12. The summed E-state index contributed by atoms with van der Waals surface area (Å²) in [5, 5.41) is 4.16. The van der Waals surface area contributed by atoms with E-state index in [0.29, 0.717) is 22.8 Å². The van der Waals surface area contributed by atoms with Gasteiger partial charge in [0.25, 0.3) is 11.8 Å². The fourth-order valence-corrected chi connectivity index (χ4v) is 3.18. The first-order valence-electron chi connectivity index (χ1n) is 10.1. The second kappa shape index (κ2) is 10.4. The first kappa shape index (κ1) is 21.4. The second-order valence-electron chi connectivity index (χ2n) is 7.12. The minimum atomic E-state index is -0.298. The van der Waals surface area contributed by atoms with Crippen molar-refractivity contribution >= 4 is 17.5 Å². The molecule has 1 fully saturated rings. The molecule has 7 heteroatoms. The number of nitrogens with zero attached hydrogens (tertiary/aromatic N) is 2. The van der Waals surface area contributed by atoms with Crippen molar-refractivity contribution < 1.29 is 19.1 Å². The molecule has 0 spiro atoms. The van der Waals surface area contributed by atoms with Crippen LogP contribution in [0.2, 0.25) is 0 Å². The summed E-state index contributed by atoms with van der Waals surface area (Å²) in [5.41, 5.74) is 4.55. The normalized spacial score (nSPS) is 14.2. The molecule has 0 bridgehead atoms. The van der Waals surface area contributed by atoms with E-state index in [0.717, 1.165) is 31.5 Å². The van der Waals surface area contributed by atoms with Gasteiger partial charge < -0.3 is 14.4 Å². The Hall–Kier alpha value is -3.35. The van der Waals surface area contributed by atoms with Gasteiger partial charge >= 0.3 is 0 Å². The molecule has 0 saturated carbocycles. The predicted octanol–water partition coefficient (Wildman–Crippen LogP) is 3.24. The zero-order valence-electron chi connectivity index (χ0n) is 17.4. The summed E-state index contributed by atoms with van der Waals surface area (Å²) in [6.07, 6.45) is 3.32. The van der Waals surface area contributed by atoms with Crippen LogP contribution >= 0.6 is 0 Å². The van der Waals surface area contributed by atoms with Gasteiger partial charge in [-0.05, 0) is 80.3 Å². The summed E-state index contributed by atoms with van der Waals surface area (Å²) in [5.74, 6) is 1.04. The van der Waals surface area contributed by atoms with Crippen molar-refractivity contribution in [2.45, 2.75) is 26.2 Å². The largest absolute Gasteiger partial charge is 0.497 e. The van der Waals surface area contributed by atoms with Gasteiger partial charge in [-0.3, -0.25) is 9.59 Å². The highest BCUT2D eigenvalue weighted by molar-refractivity contribution is 6.00. The molecule has 1 N–H and O–H groups in total. The summed E-state index contributed by atoms with van der Waals surface area (Å²) >= 11 is 0. The molecule has 1 saturated heterocycles. The van der Waals surface area contributed by atoms with Crippen LogP contribution in [0.5, 0.6) is 11.5 Å². The van der Waals surface area contributed by atoms with E-state index in [2.05, 4.69) is 10.5 Å². The highest BCUT2D eigenvalue weighted by Crippen LogP contribution is 2.15. The van der Waals surface area contributed by atoms with Crippen LogP contribution in [0, 0.1) is 0 Å². The Morgan fingerprint density at radius 3 is 2.17 bits per heavy atom. The Morgan fingerprint density at radius 1 is 0.933 bits per heavy atom. The SMILES string of the molecule is COc1ccc(C(=O)N/N=C(/C)c2ccc(OCC(=O)N3CCCCC3)cc2)cc1. The third-order valence-corrected chi connectivity index (χ3v) is 5.02. The number of hydrogen-bond acceptors (Lipinski definition) is 5. The summed E-state index contributed by atoms with van der Waals surface area (Å²) in [4.78, 5) is 26.2. The molecule has 0 atom stereocenters. The third-order valence-electron chi connectivity index (χ3n) is 5.02. The third kappa shape index (κ3) is 5.83. The molecule has 2 aromatic rings. The first-order chi connectivity index (χ1) is 14.6. The molecule has 2 aromatic carbocycles. The number of ether oxygens (including phenoxy) is 2. The number of nitrogens with one attached hydrogen (secondary N) is 1. The number of benzene rings is 2. The van der Waals surface area contributed by atoms with Gasteiger partial charge in [0.2, 0.25) is 0 Å². The lowest BCUT2D eigenvalue weighted by Gasteiger charge is -2.26. The number of hydrazone groups is 1. The molecule has 30 heavy (non-hydrogen) atoms. The average Bonchev–Trinajstić information content (AvgIpc) is 2.81. The van der Waals surface area contributed by atoms with Gasteiger partial charge in [-0.25, -0.2) is 5.43 Å². The standard InChI is InChI=1S/C23H27N3O4/c1-17(24-25-23(28)19-8-10-20(29-2)11-9-19)18-6-12-21(13-7-18)30-16-22(27)26-14-4-3-5-15-26/h6-13H,3-5,14-16H2,1-2H3,(H,25,28)/b24-17-. The van der Waals surface area contributed by atoms with Gasteiger partial charge in [0.15, 0.2) is 6.61 Å². The summed E-state index contributed by atoms with van der Waals surface area (Å²) < 4.78 is 10.7. The lowest BCUT2D eigenvalue weighted by Crippen LogP contribution is -2.38. The Labute approximate surface area is 176 Å². The number of rotatable bonds is 7. The molecular weight excluding hydrogens is 382 g/mol. The number of likely N-dealkylation sites (tertiary alicyclic amines) is 1. The van der Waals surface area contributed by atoms with Crippen LogP contribution in [0.15, 0.2) is 53.6 Å². The van der Waals surface area contributed by atoms with Crippen molar-refractivity contribution in [2.75, 3.05) is 26.8 Å². The van der Waals surface area contributed by atoms with Crippen molar-refractivity contribution in [3.8, 4) is 11.5 Å². The number of carbonyl (C=O) groups excluding carboxylic acids is 2. The van der Waals surface area contributed by atoms with Gasteiger partial charge in [-0.2, -0.15) is 5.10 Å². The molecule has 3 rings (SSSR count). The van der Waals surface area contributed by atoms with Crippen LogP contribution in [-0.4, -0.2) is 49.2 Å². The molecule has 2 amide bonds. The van der Waals surface area contributed by atoms with Gasteiger partial charge in [0, 0.05) is 18.7 Å². The molecule has 0 unspecified atom stereocenters. The molecule has 158 valence electrons. The van der Waals surface area contributed by atoms with E-state index in [1.165, 1.54) is 6.42 Å². The maximum atomic E-state index is 12.2. The summed E-state index contributed by atoms with van der Waals surface area (Å²) in [6.45, 7) is 3.49. The van der Waals surface area contributed by atoms with Crippen molar-refractivity contribution in [1.29, 1.82) is 0 Å². The minimum absolute atomic E-state index is 0.0257. The Kier molecular flexibility index (Phi) is 7.43. The Balaban J connectivity index is 1.51. The highest BCUT2D eigenvalue weighted by atomic mass is 16.5. The average molecular weight is 409 g/mol. The zero-order chi connectivity index (χ0) is 21.3. The monoisotopic (exact) mass is 409 g/mol. The lowest BCUT2D eigenvalue weighted by atomic mass is 10.1. The number of methoxy groups -OCH3 is 1.